The minimum absolute atomic E-state index is 0.0561. The molecule has 6 heteroatoms. The van der Waals surface area contributed by atoms with Gasteiger partial charge in [-0.2, -0.15) is 0 Å². The van der Waals surface area contributed by atoms with Gasteiger partial charge in [0.1, 0.15) is 11.5 Å². The smallest absolute Gasteiger partial charge is 0.315 e. The fraction of sp³-hybridized carbons (Fsp3) is 0.571. The highest BCUT2D eigenvalue weighted by Crippen LogP contribution is 2.15. The Labute approximate surface area is 118 Å². The summed E-state index contributed by atoms with van der Waals surface area (Å²) in [6, 6.07) is 3.10. The molecule has 3 N–H and O–H groups in total. The van der Waals surface area contributed by atoms with E-state index in [1.165, 1.54) is 0 Å². The molecule has 0 fully saturated rings. The van der Waals surface area contributed by atoms with Crippen LogP contribution in [0.15, 0.2) is 16.5 Å². The SMILES string of the molecule is CCC(CNC(=O)NC(C)c1ccc(C)o1)CC(=O)O. The number of carboxylic acids is 1. The third kappa shape index (κ3) is 5.34. The molecule has 1 aromatic rings. The van der Waals surface area contributed by atoms with Crippen molar-refractivity contribution in [3.63, 3.8) is 0 Å². The van der Waals surface area contributed by atoms with Crippen LogP contribution in [0, 0.1) is 12.8 Å². The zero-order valence-electron chi connectivity index (χ0n) is 12.1. The first-order valence-corrected chi connectivity index (χ1v) is 6.74. The summed E-state index contributed by atoms with van der Waals surface area (Å²) in [4.78, 5) is 22.4. The number of amides is 2. The summed E-state index contributed by atoms with van der Waals surface area (Å²) < 4.78 is 5.43. The molecule has 0 aliphatic carbocycles. The first-order valence-electron chi connectivity index (χ1n) is 6.74. The Balaban J connectivity index is 2.37. The number of aryl methyl sites for hydroxylation is 1. The van der Waals surface area contributed by atoms with Gasteiger partial charge in [-0.15, -0.1) is 0 Å². The Morgan fingerprint density at radius 1 is 1.40 bits per heavy atom. The summed E-state index contributed by atoms with van der Waals surface area (Å²) in [7, 11) is 0. The molecule has 0 spiro atoms. The molecule has 0 aromatic carbocycles. The van der Waals surface area contributed by atoms with Gasteiger partial charge in [-0.3, -0.25) is 4.79 Å². The summed E-state index contributed by atoms with van der Waals surface area (Å²) in [6.07, 6.45) is 0.767. The van der Waals surface area contributed by atoms with Crippen molar-refractivity contribution in [2.45, 2.75) is 39.7 Å². The van der Waals surface area contributed by atoms with Gasteiger partial charge in [-0.05, 0) is 31.9 Å². The molecule has 1 rings (SSSR count). The third-order valence-electron chi connectivity index (χ3n) is 3.13. The molecule has 0 saturated carbocycles. The monoisotopic (exact) mass is 282 g/mol. The average Bonchev–Trinajstić information content (AvgIpc) is 2.80. The quantitative estimate of drug-likeness (QED) is 0.716. The highest BCUT2D eigenvalue weighted by Gasteiger charge is 2.15. The number of hydrogen-bond donors (Lipinski definition) is 3. The molecular formula is C14H22N2O4. The summed E-state index contributed by atoms with van der Waals surface area (Å²) in [6.45, 7) is 5.92. The summed E-state index contributed by atoms with van der Waals surface area (Å²) in [5, 5.41) is 14.2. The van der Waals surface area contributed by atoms with E-state index < -0.39 is 5.97 Å². The number of furan rings is 1. The maximum atomic E-state index is 11.7. The van der Waals surface area contributed by atoms with Crippen molar-refractivity contribution in [2.75, 3.05) is 6.54 Å². The van der Waals surface area contributed by atoms with Crippen molar-refractivity contribution in [3.8, 4) is 0 Å². The van der Waals surface area contributed by atoms with Crippen molar-refractivity contribution >= 4 is 12.0 Å². The van der Waals surface area contributed by atoms with E-state index in [9.17, 15) is 9.59 Å². The highest BCUT2D eigenvalue weighted by atomic mass is 16.4. The van der Waals surface area contributed by atoms with Gasteiger partial charge in [0.15, 0.2) is 0 Å². The Kier molecular flexibility index (Phi) is 6.09. The van der Waals surface area contributed by atoms with Crippen LogP contribution in [0.1, 0.15) is 44.3 Å². The van der Waals surface area contributed by atoms with Crippen LogP contribution in [0.5, 0.6) is 0 Å². The normalized spacial score (nSPS) is 13.6. The predicted octanol–water partition coefficient (Wildman–Crippen LogP) is 2.45. The van der Waals surface area contributed by atoms with Gasteiger partial charge in [0.2, 0.25) is 0 Å². The lowest BCUT2D eigenvalue weighted by atomic mass is 10.0. The van der Waals surface area contributed by atoms with Crippen molar-refractivity contribution in [2.24, 2.45) is 5.92 Å². The van der Waals surface area contributed by atoms with Crippen molar-refractivity contribution in [3.05, 3.63) is 23.7 Å². The molecule has 0 radical (unpaired) electrons. The first kappa shape index (κ1) is 16.1. The lowest BCUT2D eigenvalue weighted by Gasteiger charge is -2.16. The van der Waals surface area contributed by atoms with Crippen molar-refractivity contribution in [1.82, 2.24) is 10.6 Å². The van der Waals surface area contributed by atoms with E-state index in [0.29, 0.717) is 18.7 Å². The van der Waals surface area contributed by atoms with E-state index in [4.69, 9.17) is 9.52 Å². The summed E-state index contributed by atoms with van der Waals surface area (Å²) in [5.74, 6) is 0.578. The van der Waals surface area contributed by atoms with E-state index in [0.717, 1.165) is 5.76 Å². The van der Waals surface area contributed by atoms with Gasteiger partial charge in [-0.1, -0.05) is 13.3 Å². The second-order valence-corrected chi connectivity index (χ2v) is 4.90. The van der Waals surface area contributed by atoms with Gasteiger partial charge in [0.05, 0.1) is 6.04 Å². The van der Waals surface area contributed by atoms with Crippen LogP contribution in [0.4, 0.5) is 4.79 Å². The Morgan fingerprint density at radius 3 is 2.60 bits per heavy atom. The largest absolute Gasteiger partial charge is 0.481 e. The van der Waals surface area contributed by atoms with E-state index in [1.54, 1.807) is 0 Å². The molecule has 1 aromatic heterocycles. The van der Waals surface area contributed by atoms with Crippen LogP contribution >= 0.6 is 0 Å². The first-order chi connectivity index (χ1) is 9.42. The summed E-state index contributed by atoms with van der Waals surface area (Å²) >= 11 is 0. The second kappa shape index (κ2) is 7.57. The molecule has 0 saturated heterocycles. The van der Waals surface area contributed by atoms with Crippen LogP contribution in [-0.2, 0) is 4.79 Å². The number of hydrogen-bond acceptors (Lipinski definition) is 3. The molecule has 6 nitrogen and oxygen atoms in total. The number of carbonyl (C=O) groups is 2. The van der Waals surface area contributed by atoms with Gasteiger partial charge in [0, 0.05) is 13.0 Å². The molecule has 0 bridgehead atoms. The average molecular weight is 282 g/mol. The molecule has 2 unspecified atom stereocenters. The molecular weight excluding hydrogens is 260 g/mol. The van der Waals surface area contributed by atoms with Crippen molar-refractivity contribution < 1.29 is 19.1 Å². The lowest BCUT2D eigenvalue weighted by Crippen LogP contribution is -2.39. The second-order valence-electron chi connectivity index (χ2n) is 4.90. The zero-order chi connectivity index (χ0) is 15.1. The topological polar surface area (TPSA) is 91.6 Å². The number of nitrogens with one attached hydrogen (secondary N) is 2. The minimum atomic E-state index is -0.849. The molecule has 112 valence electrons. The fourth-order valence-corrected chi connectivity index (χ4v) is 1.85. The number of carboxylic acid groups (broad SMARTS) is 1. The standard InChI is InChI=1S/C14H22N2O4/c1-4-11(7-13(17)18)8-15-14(19)16-10(3)12-6-5-9(2)20-12/h5-6,10-11H,4,7-8H2,1-3H3,(H,17,18)(H2,15,16,19). The number of aliphatic carboxylic acids is 1. The number of carbonyl (C=O) groups excluding carboxylic acids is 1. The number of urea groups is 1. The fourth-order valence-electron chi connectivity index (χ4n) is 1.85. The van der Waals surface area contributed by atoms with E-state index in [2.05, 4.69) is 10.6 Å². The van der Waals surface area contributed by atoms with Crippen LogP contribution < -0.4 is 10.6 Å². The molecule has 20 heavy (non-hydrogen) atoms. The molecule has 2 atom stereocenters. The van der Waals surface area contributed by atoms with E-state index >= 15 is 0 Å². The Bertz CT molecular complexity index is 456. The van der Waals surface area contributed by atoms with Gasteiger partial charge >= 0.3 is 12.0 Å². The van der Waals surface area contributed by atoms with Gasteiger partial charge in [0.25, 0.3) is 0 Å². The van der Waals surface area contributed by atoms with Gasteiger partial charge < -0.3 is 20.2 Å². The summed E-state index contributed by atoms with van der Waals surface area (Å²) in [5.41, 5.74) is 0. The highest BCUT2D eigenvalue weighted by molar-refractivity contribution is 5.74. The molecule has 0 aliphatic rings. The predicted molar refractivity (Wildman–Crippen MR) is 74.4 cm³/mol. The Morgan fingerprint density at radius 2 is 2.10 bits per heavy atom. The molecule has 0 aliphatic heterocycles. The zero-order valence-corrected chi connectivity index (χ0v) is 12.1. The third-order valence-corrected chi connectivity index (χ3v) is 3.13. The van der Waals surface area contributed by atoms with Crippen LogP contribution in [0.3, 0.4) is 0 Å². The molecule has 2 amide bonds. The number of rotatable bonds is 7. The van der Waals surface area contributed by atoms with E-state index in [1.807, 2.05) is 32.9 Å². The maximum absolute atomic E-state index is 11.7. The Hall–Kier alpha value is -1.98. The lowest BCUT2D eigenvalue weighted by molar-refractivity contribution is -0.138. The minimum Gasteiger partial charge on any atom is -0.481 e. The van der Waals surface area contributed by atoms with E-state index in [-0.39, 0.29) is 24.4 Å². The maximum Gasteiger partial charge on any atom is 0.315 e. The molecule has 1 heterocycles. The van der Waals surface area contributed by atoms with Crippen LogP contribution in [0.25, 0.3) is 0 Å². The van der Waals surface area contributed by atoms with Crippen LogP contribution in [-0.4, -0.2) is 23.7 Å². The van der Waals surface area contributed by atoms with Crippen molar-refractivity contribution in [1.29, 1.82) is 0 Å². The van der Waals surface area contributed by atoms with Gasteiger partial charge in [-0.25, -0.2) is 4.79 Å². The van der Waals surface area contributed by atoms with Crippen LogP contribution in [0.2, 0.25) is 0 Å².